The van der Waals surface area contributed by atoms with Gasteiger partial charge in [0.25, 0.3) is 0 Å². The molecule has 2 heterocycles. The Kier molecular flexibility index (Phi) is 8.09. The summed E-state index contributed by atoms with van der Waals surface area (Å²) < 4.78 is 39.9. The van der Waals surface area contributed by atoms with Crippen molar-refractivity contribution in [3.05, 3.63) is 53.9 Å². The van der Waals surface area contributed by atoms with Gasteiger partial charge < -0.3 is 14.6 Å². The maximum atomic E-state index is 14.6. The quantitative estimate of drug-likeness (QED) is 0.375. The molecular formula is C27H35F2N3O3. The van der Waals surface area contributed by atoms with Gasteiger partial charge in [-0.15, -0.1) is 0 Å². The first kappa shape index (κ1) is 26.9. The Morgan fingerprint density at radius 1 is 1.09 bits per heavy atom. The monoisotopic (exact) mass is 487 g/mol. The van der Waals surface area contributed by atoms with Gasteiger partial charge >= 0.3 is 0 Å². The van der Waals surface area contributed by atoms with Crippen LogP contribution in [0.5, 0.6) is 5.88 Å². The number of hydrogen-bond acceptors (Lipinski definition) is 6. The highest BCUT2D eigenvalue weighted by Crippen LogP contribution is 2.32. The molecule has 2 aromatic heterocycles. The van der Waals surface area contributed by atoms with Crippen molar-refractivity contribution in [1.29, 1.82) is 0 Å². The molecule has 0 aliphatic carbocycles. The average Bonchev–Trinajstić information content (AvgIpc) is 2.70. The highest BCUT2D eigenvalue weighted by molar-refractivity contribution is 5.94. The summed E-state index contributed by atoms with van der Waals surface area (Å²) in [6.45, 7) is 13.9. The first-order chi connectivity index (χ1) is 16.3. The summed E-state index contributed by atoms with van der Waals surface area (Å²) in [5, 5.41) is 13.8. The maximum Gasteiger partial charge on any atom is 0.216 e. The van der Waals surface area contributed by atoms with Gasteiger partial charge in [0, 0.05) is 41.0 Å². The number of aromatic nitrogens is 2. The second-order valence-electron chi connectivity index (χ2n) is 10.7. The summed E-state index contributed by atoms with van der Waals surface area (Å²) in [7, 11) is 0. The van der Waals surface area contributed by atoms with Crippen molar-refractivity contribution in [2.75, 3.05) is 6.61 Å². The fraction of sp³-hybridized carbons (Fsp3) is 0.481. The number of aliphatic hydroxyl groups excluding tert-OH is 1. The summed E-state index contributed by atoms with van der Waals surface area (Å²) in [5.41, 5.74) is 1.15. The summed E-state index contributed by atoms with van der Waals surface area (Å²) in [4.78, 5) is 8.56. The second-order valence-corrected chi connectivity index (χ2v) is 10.7. The van der Waals surface area contributed by atoms with Crippen LogP contribution in [0, 0.1) is 24.5 Å². The minimum absolute atomic E-state index is 0.240. The topological polar surface area (TPSA) is 76.5 Å². The number of aryl methyl sites for hydroxylation is 1. The molecule has 0 radical (unpaired) electrons. The zero-order valence-electron chi connectivity index (χ0n) is 21.4. The predicted octanol–water partition coefficient (Wildman–Crippen LogP) is 5.75. The van der Waals surface area contributed by atoms with Gasteiger partial charge in [0.2, 0.25) is 12.3 Å². The summed E-state index contributed by atoms with van der Waals surface area (Å²) >= 11 is 0. The molecule has 35 heavy (non-hydrogen) atoms. The molecule has 0 aliphatic heterocycles. The van der Waals surface area contributed by atoms with Crippen LogP contribution in [0.25, 0.3) is 22.0 Å². The van der Waals surface area contributed by atoms with Crippen molar-refractivity contribution < 1.29 is 23.4 Å². The number of nitrogens with zero attached hydrogens (tertiary/aromatic N) is 2. The lowest BCUT2D eigenvalue weighted by molar-refractivity contribution is -0.194. The van der Waals surface area contributed by atoms with E-state index in [1.54, 1.807) is 12.3 Å². The lowest BCUT2D eigenvalue weighted by Gasteiger charge is -2.36. The van der Waals surface area contributed by atoms with E-state index in [-0.39, 0.29) is 17.5 Å². The molecule has 0 saturated carbocycles. The van der Waals surface area contributed by atoms with Crippen LogP contribution in [0.2, 0.25) is 0 Å². The van der Waals surface area contributed by atoms with E-state index in [0.717, 1.165) is 18.1 Å². The van der Waals surface area contributed by atoms with Gasteiger partial charge in [-0.3, -0.25) is 10.3 Å². The Balaban J connectivity index is 1.83. The molecule has 0 spiro atoms. The number of fused-ring (bicyclic) bond motifs is 1. The molecule has 3 rings (SSSR count). The van der Waals surface area contributed by atoms with Crippen LogP contribution in [0.15, 0.2) is 36.7 Å². The lowest BCUT2D eigenvalue weighted by atomic mass is 9.91. The first-order valence-corrected chi connectivity index (χ1v) is 11.7. The van der Waals surface area contributed by atoms with Crippen molar-refractivity contribution >= 4 is 10.9 Å². The number of rotatable bonds is 9. The molecular weight excluding hydrogens is 452 g/mol. The molecule has 190 valence electrons. The number of halogens is 2. The second kappa shape index (κ2) is 10.5. The van der Waals surface area contributed by atoms with Crippen molar-refractivity contribution in [3.8, 4) is 17.0 Å². The average molecular weight is 488 g/mol. The third kappa shape index (κ3) is 7.16. The van der Waals surface area contributed by atoms with E-state index in [2.05, 4.69) is 29.1 Å². The smallest absolute Gasteiger partial charge is 0.216 e. The molecule has 0 aliphatic rings. The molecule has 0 bridgehead atoms. The Morgan fingerprint density at radius 2 is 1.80 bits per heavy atom. The summed E-state index contributed by atoms with van der Waals surface area (Å²) in [6.07, 6.45) is 2.70. The van der Waals surface area contributed by atoms with Crippen molar-refractivity contribution in [1.82, 2.24) is 15.3 Å². The molecule has 2 atom stereocenters. The van der Waals surface area contributed by atoms with E-state index in [4.69, 9.17) is 9.47 Å². The van der Waals surface area contributed by atoms with Gasteiger partial charge in [-0.05, 0) is 64.7 Å². The van der Waals surface area contributed by atoms with Crippen LogP contribution in [0.1, 0.15) is 53.5 Å². The minimum Gasteiger partial charge on any atom is -0.476 e. The first-order valence-electron chi connectivity index (χ1n) is 11.7. The van der Waals surface area contributed by atoms with Gasteiger partial charge in [-0.2, -0.15) is 0 Å². The van der Waals surface area contributed by atoms with Crippen LogP contribution in [-0.2, 0) is 4.74 Å². The van der Waals surface area contributed by atoms with Crippen LogP contribution in [0.3, 0.4) is 0 Å². The summed E-state index contributed by atoms with van der Waals surface area (Å²) in [6, 6.07) is 5.59. The summed E-state index contributed by atoms with van der Waals surface area (Å²) in [5.74, 6) is -0.572. The number of hydrogen-bond donors (Lipinski definition) is 2. The largest absolute Gasteiger partial charge is 0.476 e. The maximum absolute atomic E-state index is 14.6. The van der Waals surface area contributed by atoms with E-state index in [9.17, 15) is 13.9 Å². The number of benzene rings is 1. The predicted molar refractivity (Wildman–Crippen MR) is 133 cm³/mol. The highest BCUT2D eigenvalue weighted by Gasteiger charge is 2.31. The van der Waals surface area contributed by atoms with Gasteiger partial charge in [-0.1, -0.05) is 13.8 Å². The molecule has 3 aromatic rings. The highest BCUT2D eigenvalue weighted by atomic mass is 19.1. The van der Waals surface area contributed by atoms with E-state index in [0.29, 0.717) is 22.9 Å². The number of pyridine rings is 2. The van der Waals surface area contributed by atoms with Crippen LogP contribution in [0.4, 0.5) is 8.78 Å². The van der Waals surface area contributed by atoms with Crippen LogP contribution >= 0.6 is 0 Å². The molecule has 2 N–H and O–H groups in total. The van der Waals surface area contributed by atoms with Crippen molar-refractivity contribution in [2.45, 2.75) is 72.4 Å². The Labute approximate surface area is 205 Å². The number of aliphatic hydroxyl groups is 1. The molecule has 2 unspecified atom stereocenters. The SMILES string of the molecule is Cc1cc(-c2ccnc3cc(F)cc(F)c23)cnc1OCC(C)(CC(C)C)NC(O)OC(C)(C)C. The van der Waals surface area contributed by atoms with E-state index in [1.807, 2.05) is 40.7 Å². The van der Waals surface area contributed by atoms with Crippen molar-refractivity contribution in [3.63, 3.8) is 0 Å². The Hall–Kier alpha value is -2.68. The van der Waals surface area contributed by atoms with E-state index < -0.39 is 29.2 Å². The molecule has 6 nitrogen and oxygen atoms in total. The molecule has 0 amide bonds. The number of ether oxygens (including phenoxy) is 2. The molecule has 0 saturated heterocycles. The van der Waals surface area contributed by atoms with Gasteiger partial charge in [0.05, 0.1) is 16.7 Å². The van der Waals surface area contributed by atoms with Gasteiger partial charge in [-0.25, -0.2) is 13.8 Å². The molecule has 1 aromatic carbocycles. The fourth-order valence-corrected chi connectivity index (χ4v) is 4.26. The zero-order chi connectivity index (χ0) is 26.0. The fourth-order valence-electron chi connectivity index (χ4n) is 4.26. The van der Waals surface area contributed by atoms with E-state index in [1.165, 1.54) is 12.3 Å². The molecule has 8 heteroatoms. The third-order valence-electron chi connectivity index (χ3n) is 5.42. The van der Waals surface area contributed by atoms with Gasteiger partial charge in [0.1, 0.15) is 18.2 Å². The zero-order valence-corrected chi connectivity index (χ0v) is 21.4. The normalized spacial score (nSPS) is 14.8. The Bertz CT molecular complexity index is 1180. The van der Waals surface area contributed by atoms with Crippen LogP contribution < -0.4 is 10.1 Å². The number of nitrogens with one attached hydrogen (secondary N) is 1. The molecule has 0 fully saturated rings. The van der Waals surface area contributed by atoms with Gasteiger partial charge in [0.15, 0.2) is 0 Å². The third-order valence-corrected chi connectivity index (χ3v) is 5.42. The van der Waals surface area contributed by atoms with E-state index >= 15 is 0 Å². The van der Waals surface area contributed by atoms with Crippen molar-refractivity contribution in [2.24, 2.45) is 5.92 Å². The Morgan fingerprint density at radius 3 is 2.43 bits per heavy atom. The minimum atomic E-state index is -1.15. The lowest BCUT2D eigenvalue weighted by Crippen LogP contribution is -2.55. The standard InChI is InChI=1S/C27H35F2N3O3/c1-16(2)13-27(7,32-25(33)35-26(4,5)6)15-34-24-17(3)10-18(14-31-24)20-8-9-30-22-12-19(28)11-21(29)23(20)22/h8-12,14,16,25,32-33H,13,15H2,1-7H3. The van der Waals surface area contributed by atoms with Crippen LogP contribution in [-0.4, -0.2) is 39.2 Å².